The van der Waals surface area contributed by atoms with Crippen LogP contribution in [0.1, 0.15) is 48.0 Å². The quantitative estimate of drug-likeness (QED) is 0.333. The van der Waals surface area contributed by atoms with E-state index >= 15 is 0 Å². The largest absolute Gasteiger partial charge is 0.480 e. The molecule has 0 rings (SSSR count). The summed E-state index contributed by atoms with van der Waals surface area (Å²) in [5.74, 6) is -3.24. The van der Waals surface area contributed by atoms with Gasteiger partial charge in [0.2, 0.25) is 17.7 Å². The highest BCUT2D eigenvalue weighted by Crippen LogP contribution is 2.09. The van der Waals surface area contributed by atoms with Gasteiger partial charge in [0.05, 0.1) is 6.04 Å². The van der Waals surface area contributed by atoms with E-state index in [2.05, 4.69) is 16.0 Å². The summed E-state index contributed by atoms with van der Waals surface area (Å²) >= 11 is 0. The molecule has 0 saturated heterocycles. The molecule has 0 aliphatic rings. The average Bonchev–Trinajstić information content (AvgIpc) is 2.59. The lowest BCUT2D eigenvalue weighted by molar-refractivity contribution is -0.139. The molecule has 9 heteroatoms. The number of carboxylic acid groups (broad SMARTS) is 1. The second-order valence-electron chi connectivity index (χ2n) is 7.48. The summed E-state index contributed by atoms with van der Waals surface area (Å²) < 4.78 is 0. The number of aliphatic carboxylic acids is 1. The molecule has 4 atom stereocenters. The molecule has 0 spiro atoms. The first-order chi connectivity index (χ1) is 12.4. The smallest absolute Gasteiger partial charge is 0.322 e. The Labute approximate surface area is 160 Å². The average molecular weight is 386 g/mol. The topological polar surface area (TPSA) is 151 Å². The zero-order valence-electron chi connectivity index (χ0n) is 17.0. The molecule has 0 bridgehead atoms. The highest BCUT2D eigenvalue weighted by atomic mass is 16.4. The lowest BCUT2D eigenvalue weighted by Crippen LogP contribution is -2.59. The number of nitrogens with two attached hydrogens (primary N) is 1. The Morgan fingerprint density at radius 3 is 1.70 bits per heavy atom. The second-order valence-corrected chi connectivity index (χ2v) is 7.48. The predicted molar refractivity (Wildman–Crippen MR) is 102 cm³/mol. The van der Waals surface area contributed by atoms with E-state index in [1.807, 2.05) is 13.8 Å². The Morgan fingerprint density at radius 1 is 0.852 bits per heavy atom. The molecule has 0 saturated carbocycles. The number of carbonyl (C=O) groups is 4. The lowest BCUT2D eigenvalue weighted by Gasteiger charge is -2.28. The molecule has 0 aromatic heterocycles. The van der Waals surface area contributed by atoms with Gasteiger partial charge in [0.15, 0.2) is 0 Å². The summed E-state index contributed by atoms with van der Waals surface area (Å²) in [5.41, 5.74) is 5.92. The maximum Gasteiger partial charge on any atom is 0.322 e. The van der Waals surface area contributed by atoms with Crippen molar-refractivity contribution in [1.82, 2.24) is 16.0 Å². The van der Waals surface area contributed by atoms with Crippen molar-refractivity contribution in [3.63, 3.8) is 0 Å². The minimum atomic E-state index is -1.18. The van der Waals surface area contributed by atoms with Crippen LogP contribution < -0.4 is 21.7 Å². The van der Waals surface area contributed by atoms with Gasteiger partial charge in [0.1, 0.15) is 18.6 Å². The third-order valence-electron chi connectivity index (χ3n) is 4.47. The second kappa shape index (κ2) is 11.5. The van der Waals surface area contributed by atoms with Crippen LogP contribution in [0.4, 0.5) is 0 Å². The fourth-order valence-corrected chi connectivity index (χ4v) is 2.35. The van der Waals surface area contributed by atoms with Crippen LogP contribution in [0.15, 0.2) is 0 Å². The maximum atomic E-state index is 12.7. The predicted octanol–water partition coefficient (Wildman–Crippen LogP) is -0.158. The highest BCUT2D eigenvalue weighted by molar-refractivity contribution is 5.93. The van der Waals surface area contributed by atoms with Crippen LogP contribution in [-0.2, 0) is 19.2 Å². The van der Waals surface area contributed by atoms with Crippen LogP contribution >= 0.6 is 0 Å². The monoisotopic (exact) mass is 386 g/mol. The minimum absolute atomic E-state index is 0.0360. The first kappa shape index (κ1) is 24.8. The van der Waals surface area contributed by atoms with Gasteiger partial charge in [0.25, 0.3) is 0 Å². The normalized spacial score (nSPS) is 15.6. The maximum absolute atomic E-state index is 12.7. The van der Waals surface area contributed by atoms with Crippen molar-refractivity contribution < 1.29 is 24.3 Å². The Morgan fingerprint density at radius 2 is 1.30 bits per heavy atom. The first-order valence-corrected chi connectivity index (χ1v) is 9.28. The molecule has 0 aromatic carbocycles. The van der Waals surface area contributed by atoms with Crippen LogP contribution in [0.5, 0.6) is 0 Å². The van der Waals surface area contributed by atoms with E-state index in [1.54, 1.807) is 27.7 Å². The number of nitrogens with one attached hydrogen (secondary N) is 3. The summed E-state index contributed by atoms with van der Waals surface area (Å²) in [5, 5.41) is 16.2. The van der Waals surface area contributed by atoms with Gasteiger partial charge in [-0.1, -0.05) is 48.0 Å². The Balaban J connectivity index is 5.14. The van der Waals surface area contributed by atoms with Crippen LogP contribution in [0, 0.1) is 17.8 Å². The Kier molecular flexibility index (Phi) is 10.6. The van der Waals surface area contributed by atoms with Crippen LogP contribution in [0.3, 0.4) is 0 Å². The van der Waals surface area contributed by atoms with E-state index in [-0.39, 0.29) is 17.8 Å². The number of rotatable bonds is 11. The number of carbonyl (C=O) groups excluding carboxylic acids is 3. The molecule has 0 heterocycles. The SMILES string of the molecule is CCC(C)C(N)C(=O)NC(C(=O)NC(C(=O)NCC(=O)O)C(C)C)C(C)C. The van der Waals surface area contributed by atoms with E-state index in [0.29, 0.717) is 0 Å². The van der Waals surface area contributed by atoms with E-state index < -0.39 is 48.4 Å². The molecule has 9 nitrogen and oxygen atoms in total. The Bertz CT molecular complexity index is 536. The third kappa shape index (κ3) is 8.38. The highest BCUT2D eigenvalue weighted by Gasteiger charge is 2.32. The van der Waals surface area contributed by atoms with Gasteiger partial charge >= 0.3 is 5.97 Å². The van der Waals surface area contributed by atoms with Crippen molar-refractivity contribution in [2.45, 2.75) is 66.1 Å². The van der Waals surface area contributed by atoms with E-state index in [1.165, 1.54) is 0 Å². The molecule has 6 N–H and O–H groups in total. The van der Waals surface area contributed by atoms with Gasteiger partial charge < -0.3 is 26.8 Å². The number of carboxylic acids is 1. The van der Waals surface area contributed by atoms with Gasteiger partial charge in [-0.3, -0.25) is 19.2 Å². The lowest BCUT2D eigenvalue weighted by atomic mass is 9.96. The van der Waals surface area contributed by atoms with Crippen molar-refractivity contribution in [3.05, 3.63) is 0 Å². The Hall–Kier alpha value is -2.16. The first-order valence-electron chi connectivity index (χ1n) is 9.28. The number of amides is 3. The van der Waals surface area contributed by atoms with Gasteiger partial charge in [-0.2, -0.15) is 0 Å². The molecular weight excluding hydrogens is 352 g/mol. The molecule has 0 aliphatic heterocycles. The van der Waals surface area contributed by atoms with E-state index in [0.717, 1.165) is 6.42 Å². The standard InChI is InChI=1S/C18H34N4O5/c1-7-11(6)13(19)16(25)21-15(10(4)5)18(27)22-14(9(2)3)17(26)20-8-12(23)24/h9-11,13-15H,7-8,19H2,1-6H3,(H,20,26)(H,21,25)(H,22,27)(H,23,24). The van der Waals surface area contributed by atoms with Gasteiger partial charge in [-0.05, 0) is 17.8 Å². The fraction of sp³-hybridized carbons (Fsp3) is 0.778. The molecule has 0 aromatic rings. The van der Waals surface area contributed by atoms with Gasteiger partial charge in [0, 0.05) is 0 Å². The molecule has 156 valence electrons. The third-order valence-corrected chi connectivity index (χ3v) is 4.47. The molecule has 27 heavy (non-hydrogen) atoms. The van der Waals surface area contributed by atoms with Crippen LogP contribution in [0.25, 0.3) is 0 Å². The molecule has 3 amide bonds. The van der Waals surface area contributed by atoms with Crippen molar-refractivity contribution in [2.75, 3.05) is 6.54 Å². The van der Waals surface area contributed by atoms with Crippen molar-refractivity contribution >= 4 is 23.7 Å². The van der Waals surface area contributed by atoms with Crippen molar-refractivity contribution in [1.29, 1.82) is 0 Å². The molecule has 0 fully saturated rings. The van der Waals surface area contributed by atoms with E-state index in [4.69, 9.17) is 10.8 Å². The summed E-state index contributed by atoms with van der Waals surface area (Å²) in [6.45, 7) is 10.2. The molecule has 4 unspecified atom stereocenters. The molecular formula is C18H34N4O5. The van der Waals surface area contributed by atoms with Crippen LogP contribution in [-0.4, -0.2) is 53.5 Å². The molecule has 0 aliphatic carbocycles. The van der Waals surface area contributed by atoms with Gasteiger partial charge in [-0.15, -0.1) is 0 Å². The van der Waals surface area contributed by atoms with Crippen LogP contribution in [0.2, 0.25) is 0 Å². The molecule has 0 radical (unpaired) electrons. The minimum Gasteiger partial charge on any atom is -0.480 e. The van der Waals surface area contributed by atoms with Gasteiger partial charge in [-0.25, -0.2) is 0 Å². The fourth-order valence-electron chi connectivity index (χ4n) is 2.35. The zero-order chi connectivity index (χ0) is 21.3. The van der Waals surface area contributed by atoms with E-state index in [9.17, 15) is 19.2 Å². The summed E-state index contributed by atoms with van der Waals surface area (Å²) in [6, 6.07) is -2.51. The summed E-state index contributed by atoms with van der Waals surface area (Å²) in [6.07, 6.45) is 0.728. The summed E-state index contributed by atoms with van der Waals surface area (Å²) in [7, 11) is 0. The zero-order valence-corrected chi connectivity index (χ0v) is 17.0. The summed E-state index contributed by atoms with van der Waals surface area (Å²) in [4.78, 5) is 47.8. The van der Waals surface area contributed by atoms with Crippen molar-refractivity contribution in [3.8, 4) is 0 Å². The number of hydrogen-bond acceptors (Lipinski definition) is 5. The van der Waals surface area contributed by atoms with Crippen molar-refractivity contribution in [2.24, 2.45) is 23.5 Å². The number of hydrogen-bond donors (Lipinski definition) is 5.